The molecule has 0 unspecified atom stereocenters. The number of carboxylic acids is 1. The molecule has 3 heterocycles. The lowest BCUT2D eigenvalue weighted by Gasteiger charge is -2.23. The number of nitrogens with two attached hydrogens (primary N) is 3. The Bertz CT molecular complexity index is 4430. The number of pyridine rings is 3. The van der Waals surface area contributed by atoms with E-state index in [2.05, 4.69) is 59.9 Å². The van der Waals surface area contributed by atoms with E-state index >= 15 is 0 Å². The van der Waals surface area contributed by atoms with Gasteiger partial charge in [0.15, 0.2) is 34.9 Å². The number of nitrogen functional groups attached to an aromatic ring is 1. The second-order valence-corrected chi connectivity index (χ2v) is 28.2. The third kappa shape index (κ3) is 35.5. The number of unbranched alkanes of at least 4 members (excludes halogenated alkanes) is 6. The quantitative estimate of drug-likeness (QED) is 0.00744. The zero-order valence-corrected chi connectivity index (χ0v) is 64.6. The molecule has 0 fully saturated rings. The predicted octanol–water partition coefficient (Wildman–Crippen LogP) is 15.0. The minimum Gasteiger partial charge on any atom is -0.480 e. The maximum absolute atomic E-state index is 13.8. The number of aromatic nitrogens is 3. The smallest absolute Gasteiger partial charge is 0.408 e. The second-order valence-electron chi connectivity index (χ2n) is 28.2. The zero-order chi connectivity index (χ0) is 85.9. The number of halogens is 12. The van der Waals surface area contributed by atoms with Crippen molar-refractivity contribution in [1.29, 1.82) is 0 Å². The summed E-state index contributed by atoms with van der Waals surface area (Å²) in [6.45, 7) is 19.3. The molecule has 3 aromatic carbocycles. The molecule has 0 bridgehead atoms. The fraction of sp³-hybridized carbons (Fsp3) is 0.420. The van der Waals surface area contributed by atoms with Crippen molar-refractivity contribution in [2.45, 2.75) is 208 Å². The van der Waals surface area contributed by atoms with Crippen LogP contribution in [0, 0.1) is 118 Å². The summed E-state index contributed by atoms with van der Waals surface area (Å²) in [4.78, 5) is 102. The van der Waals surface area contributed by atoms with Gasteiger partial charge in [-0.2, -0.15) is 41.3 Å². The third-order valence-corrected chi connectivity index (χ3v) is 15.6. The summed E-state index contributed by atoms with van der Waals surface area (Å²) in [6, 6.07) is 14.7. The maximum atomic E-state index is 13.8. The summed E-state index contributed by atoms with van der Waals surface area (Å²) in [5.74, 6) is -8.93. The van der Waals surface area contributed by atoms with Gasteiger partial charge in [-0.15, -0.1) is 0 Å². The lowest BCUT2D eigenvalue weighted by atomic mass is 10.0. The van der Waals surface area contributed by atoms with Crippen LogP contribution in [0.25, 0.3) is 0 Å². The summed E-state index contributed by atoms with van der Waals surface area (Å²) in [6.07, 6.45) is 7.17. The standard InChI is InChI=1S/C29H33F4N3O4.C23H24F4N4O2.C16H29NO5.C13H6F4N2/c1-17(2)22(37)10-8-6-7-9-21(35-28(39)40-29(3,4)5)27(38)34-19-14-11-18(12-15-19)13-16-20-23(30)25(32)36-26(33)24(20)31;1-13(28)18(32)6-4-2-3-5-17(29)23(33)30-15-10-7-14(8-11-15)9-12-16-19(24)21(26)31-22(27)20(16)25;1-11(2)13(18)10-8-6-7-9-12(14(19)20)17-15(21)22-16(3,4)5;14-10-9(11(15)13(17)19-12(10)16)6-3-7-1-4-8(18)5-2-7/h11-12,14-15,17,21H,6-10H2,1-5H3,(H,34,38)(H,35,39);7-8,10-11,13,17H,2-6,28-29H2,1H3,(H,30,33);11-12H,6-10H2,1-5H3,(H,17,21)(H,19,20);1-2,4-5H,18H2/t21-;13-,17-;12-;/m000./s1. The van der Waals surface area contributed by atoms with Crippen molar-refractivity contribution in [3.63, 3.8) is 0 Å². The molecular formula is C81H92F12N10O11. The SMILES string of the molecule is CC(C)C(=O)CCCCC[C@H](NC(=O)OC(C)(C)C)C(=O)Nc1ccc(C#Cc2c(F)c(F)nc(F)c2F)cc1.CC(C)C(=O)CCCCC[C@H](NC(=O)OC(C)(C)C)C(=O)O.C[C@H](N)C(=O)CCCCC[C@H](N)C(=O)Nc1ccc(C#Cc2c(F)c(F)nc(F)c2F)cc1.Nc1ccc(C#Cc2c(F)c(F)nc(F)c2F)cc1. The number of alkyl carbamates (subject to hydrolysis) is 2. The number of carboxylic acid groups (broad SMARTS) is 1. The number of nitrogens with one attached hydrogen (secondary N) is 4. The topological polar surface area (TPSA) is 340 Å². The number of benzene rings is 3. The summed E-state index contributed by atoms with van der Waals surface area (Å²) in [5, 5.41) is 19.4. The van der Waals surface area contributed by atoms with Crippen LogP contribution in [0.1, 0.15) is 206 Å². The molecule has 21 nitrogen and oxygen atoms in total. The number of carbonyl (C=O) groups excluding carboxylic acids is 7. The number of hydrogen-bond donors (Lipinski definition) is 8. The van der Waals surface area contributed by atoms with Crippen LogP contribution >= 0.6 is 0 Å². The van der Waals surface area contributed by atoms with Gasteiger partial charge >= 0.3 is 18.2 Å². The predicted molar refractivity (Wildman–Crippen MR) is 401 cm³/mol. The molecule has 11 N–H and O–H groups in total. The van der Waals surface area contributed by atoms with E-state index in [9.17, 15) is 91.0 Å². The monoisotopic (exact) mass is 1610 g/mol. The number of anilines is 3. The fourth-order valence-electron chi connectivity index (χ4n) is 9.35. The lowest BCUT2D eigenvalue weighted by molar-refractivity contribution is -0.139. The molecule has 616 valence electrons. The third-order valence-electron chi connectivity index (χ3n) is 15.6. The van der Waals surface area contributed by atoms with E-state index in [0.717, 1.165) is 19.3 Å². The number of nitrogens with zero attached hydrogens (tertiary/aromatic N) is 3. The number of carbonyl (C=O) groups is 8. The highest BCUT2D eigenvalue weighted by atomic mass is 19.2. The Morgan fingerprint density at radius 3 is 1.00 bits per heavy atom. The zero-order valence-electron chi connectivity index (χ0n) is 64.6. The highest BCUT2D eigenvalue weighted by Crippen LogP contribution is 2.22. The summed E-state index contributed by atoms with van der Waals surface area (Å²) >= 11 is 0. The Morgan fingerprint density at radius 2 is 0.693 bits per heavy atom. The molecule has 0 aliphatic carbocycles. The van der Waals surface area contributed by atoms with Crippen molar-refractivity contribution in [2.75, 3.05) is 16.4 Å². The van der Waals surface area contributed by atoms with Gasteiger partial charge < -0.3 is 53.0 Å². The van der Waals surface area contributed by atoms with Gasteiger partial charge in [-0.05, 0) is 160 Å². The normalized spacial score (nSPS) is 11.9. The van der Waals surface area contributed by atoms with Crippen molar-refractivity contribution < 1.29 is 106 Å². The average molecular weight is 1610 g/mol. The molecule has 33 heteroatoms. The van der Waals surface area contributed by atoms with Crippen molar-refractivity contribution in [3.8, 4) is 35.5 Å². The Labute approximate surface area is 652 Å². The van der Waals surface area contributed by atoms with Crippen molar-refractivity contribution in [3.05, 3.63) is 177 Å². The van der Waals surface area contributed by atoms with Crippen LogP contribution in [0.5, 0.6) is 0 Å². The molecule has 6 aromatic rings. The van der Waals surface area contributed by atoms with Gasteiger partial charge in [0, 0.05) is 64.9 Å². The number of Topliss-reactive ketones (excluding diaryl/α,β-unsaturated/α-hetero) is 3. The highest BCUT2D eigenvalue weighted by Gasteiger charge is 2.28. The van der Waals surface area contributed by atoms with Gasteiger partial charge in [0.25, 0.3) is 35.7 Å². The van der Waals surface area contributed by atoms with E-state index in [1.807, 2.05) is 39.5 Å². The van der Waals surface area contributed by atoms with Crippen LogP contribution in [-0.4, -0.2) is 103 Å². The molecule has 3 aromatic heterocycles. The van der Waals surface area contributed by atoms with Crippen molar-refractivity contribution in [1.82, 2.24) is 25.6 Å². The molecular weight excluding hydrogens is 1520 g/mol. The number of amides is 4. The maximum Gasteiger partial charge on any atom is 0.408 e. The van der Waals surface area contributed by atoms with Crippen LogP contribution < -0.4 is 38.5 Å². The van der Waals surface area contributed by atoms with Gasteiger partial charge in [-0.25, -0.2) is 40.7 Å². The van der Waals surface area contributed by atoms with Crippen molar-refractivity contribution >= 4 is 64.4 Å². The van der Waals surface area contributed by atoms with E-state index in [4.69, 9.17) is 31.8 Å². The Balaban J connectivity index is 0.000000410. The molecule has 0 saturated heterocycles. The minimum absolute atomic E-state index is 0.000511. The summed E-state index contributed by atoms with van der Waals surface area (Å²) in [7, 11) is 0. The van der Waals surface area contributed by atoms with Gasteiger partial charge in [-0.1, -0.05) is 102 Å². The first-order valence-electron chi connectivity index (χ1n) is 35.9. The minimum atomic E-state index is -1.81. The molecule has 0 radical (unpaired) electrons. The van der Waals surface area contributed by atoms with Gasteiger partial charge in [0.1, 0.15) is 57.3 Å². The average Bonchev–Trinajstić information content (AvgIpc) is 0.829. The number of aliphatic carboxylic acids is 1. The Hall–Kier alpha value is -11.4. The molecule has 0 saturated carbocycles. The highest BCUT2D eigenvalue weighted by molar-refractivity contribution is 5.97. The molecule has 4 atom stereocenters. The Kier molecular flexibility index (Phi) is 40.1. The van der Waals surface area contributed by atoms with Gasteiger partial charge in [0.05, 0.1) is 12.1 Å². The van der Waals surface area contributed by atoms with Crippen LogP contribution in [0.2, 0.25) is 0 Å². The largest absolute Gasteiger partial charge is 0.480 e. The lowest BCUT2D eigenvalue weighted by Crippen LogP contribution is -2.45. The molecule has 114 heavy (non-hydrogen) atoms. The molecule has 0 spiro atoms. The number of ketones is 3. The van der Waals surface area contributed by atoms with Crippen LogP contribution in [0.4, 0.5) is 79.3 Å². The first-order chi connectivity index (χ1) is 53.3. The van der Waals surface area contributed by atoms with E-state index < -0.39 is 153 Å². The van der Waals surface area contributed by atoms with Crippen molar-refractivity contribution in [2.24, 2.45) is 23.3 Å². The van der Waals surface area contributed by atoms with E-state index in [1.54, 1.807) is 48.5 Å². The van der Waals surface area contributed by atoms with E-state index in [-0.39, 0.29) is 40.3 Å². The second kappa shape index (κ2) is 47.2. The molecule has 4 amide bonds. The number of ether oxygens (including phenoxy) is 2. The van der Waals surface area contributed by atoms with Crippen LogP contribution in [0.15, 0.2) is 72.8 Å². The molecule has 6 rings (SSSR count). The first kappa shape index (κ1) is 96.8. The molecule has 0 aliphatic rings. The summed E-state index contributed by atoms with van der Waals surface area (Å²) < 4.78 is 170. The number of rotatable bonds is 28. The van der Waals surface area contributed by atoms with Crippen LogP contribution in [-0.2, 0) is 38.2 Å². The summed E-state index contributed by atoms with van der Waals surface area (Å²) in [5.41, 5.74) is 14.4. The fourth-order valence-corrected chi connectivity index (χ4v) is 9.35. The Morgan fingerprint density at radius 1 is 0.404 bits per heavy atom. The van der Waals surface area contributed by atoms with E-state index in [0.29, 0.717) is 99.7 Å². The molecule has 0 aliphatic heterocycles. The van der Waals surface area contributed by atoms with Gasteiger partial charge in [0.2, 0.25) is 11.8 Å². The van der Waals surface area contributed by atoms with Crippen LogP contribution in [0.3, 0.4) is 0 Å². The first-order valence-corrected chi connectivity index (χ1v) is 35.9. The van der Waals surface area contributed by atoms with E-state index in [1.165, 1.54) is 72.8 Å². The van der Waals surface area contributed by atoms with Gasteiger partial charge in [-0.3, -0.25) is 24.0 Å². The number of hydrogen-bond acceptors (Lipinski definition) is 16.